The number of hydrogen-bond donors (Lipinski definition) is 1. The minimum atomic E-state index is -0.460. The first kappa shape index (κ1) is 34.1. The lowest BCUT2D eigenvalue weighted by Gasteiger charge is -2.22. The first-order valence-corrected chi connectivity index (χ1v) is 16.4. The number of rotatable bonds is 12. The molecule has 11 nitrogen and oxygen atoms in total. The predicted octanol–water partition coefficient (Wildman–Crippen LogP) is 5.97. The Morgan fingerprint density at radius 3 is 2.18 bits per heavy atom. The van der Waals surface area contributed by atoms with E-state index in [2.05, 4.69) is 15.5 Å². The van der Waals surface area contributed by atoms with E-state index in [1.54, 1.807) is 54.1 Å². The Balaban J connectivity index is 1.23. The minimum absolute atomic E-state index is 0.0274. The SMILES string of the molecule is COc1ccc(C2=NN(C(=O)CSc3nnc(CNC(=O)c4ccc(OC)c(OC)c4)n3-c3ccc(F)cc3)[C@@H](c3ccc(F)cc3)C2)cc1. The Labute approximate surface area is 290 Å². The second kappa shape index (κ2) is 15.2. The second-order valence-corrected chi connectivity index (χ2v) is 12.0. The van der Waals surface area contributed by atoms with Crippen LogP contribution in [0.1, 0.15) is 39.8 Å². The summed E-state index contributed by atoms with van der Waals surface area (Å²) in [5.74, 6) is 0.333. The van der Waals surface area contributed by atoms with Crippen LogP contribution in [0.2, 0.25) is 0 Å². The zero-order chi connectivity index (χ0) is 35.2. The van der Waals surface area contributed by atoms with Gasteiger partial charge in [0.05, 0.1) is 45.4 Å². The zero-order valence-electron chi connectivity index (χ0n) is 27.3. The highest BCUT2D eigenvalue weighted by Crippen LogP contribution is 2.35. The average Bonchev–Trinajstić information content (AvgIpc) is 3.78. The van der Waals surface area contributed by atoms with Crippen molar-refractivity contribution < 1.29 is 32.6 Å². The lowest BCUT2D eigenvalue weighted by molar-refractivity contribution is -0.130. The lowest BCUT2D eigenvalue weighted by Crippen LogP contribution is -2.28. The molecule has 2 heterocycles. The summed E-state index contributed by atoms with van der Waals surface area (Å²) in [5.41, 5.74) is 3.14. The topological polar surface area (TPSA) is 120 Å². The number of halogens is 2. The smallest absolute Gasteiger partial charge is 0.253 e. The molecule has 1 N–H and O–H groups in total. The van der Waals surface area contributed by atoms with Gasteiger partial charge in [-0.25, -0.2) is 13.8 Å². The van der Waals surface area contributed by atoms with Crippen molar-refractivity contribution >= 4 is 29.3 Å². The van der Waals surface area contributed by atoms with Crippen LogP contribution < -0.4 is 19.5 Å². The van der Waals surface area contributed by atoms with E-state index in [1.807, 2.05) is 24.3 Å². The molecule has 0 radical (unpaired) electrons. The zero-order valence-corrected chi connectivity index (χ0v) is 28.1. The van der Waals surface area contributed by atoms with Gasteiger partial charge in [-0.2, -0.15) is 5.10 Å². The highest BCUT2D eigenvalue weighted by molar-refractivity contribution is 7.99. The fourth-order valence-corrected chi connectivity index (χ4v) is 6.26. The van der Waals surface area contributed by atoms with Crippen molar-refractivity contribution in [1.29, 1.82) is 0 Å². The number of aromatic nitrogens is 3. The average molecular weight is 699 g/mol. The van der Waals surface area contributed by atoms with Crippen LogP contribution in [0.15, 0.2) is 101 Å². The van der Waals surface area contributed by atoms with Gasteiger partial charge in [-0.15, -0.1) is 10.2 Å². The van der Waals surface area contributed by atoms with Crippen LogP contribution >= 0.6 is 11.8 Å². The van der Waals surface area contributed by atoms with Crippen molar-refractivity contribution in [1.82, 2.24) is 25.1 Å². The molecule has 0 spiro atoms. The molecule has 0 fully saturated rings. The Hall–Kier alpha value is -5.76. The number of thioether (sulfide) groups is 1. The maximum absolute atomic E-state index is 13.9. The van der Waals surface area contributed by atoms with Gasteiger partial charge in [-0.05, 0) is 90.0 Å². The van der Waals surface area contributed by atoms with Crippen LogP contribution in [0.4, 0.5) is 8.78 Å². The third-order valence-corrected chi connectivity index (χ3v) is 8.92. The normalized spacial score (nSPS) is 13.9. The molecule has 0 bridgehead atoms. The van der Waals surface area contributed by atoms with Gasteiger partial charge in [-0.3, -0.25) is 14.2 Å². The van der Waals surface area contributed by atoms with Gasteiger partial charge in [-0.1, -0.05) is 23.9 Å². The van der Waals surface area contributed by atoms with Crippen molar-refractivity contribution in [3.63, 3.8) is 0 Å². The van der Waals surface area contributed by atoms with Crippen LogP contribution in [0.5, 0.6) is 17.2 Å². The van der Waals surface area contributed by atoms with Gasteiger partial charge in [0.1, 0.15) is 17.4 Å². The molecule has 2 amide bonds. The Kier molecular flexibility index (Phi) is 10.4. The molecule has 0 unspecified atom stereocenters. The number of amides is 2. The molecular weight excluding hydrogens is 666 g/mol. The molecule has 5 aromatic rings. The third-order valence-electron chi connectivity index (χ3n) is 8.01. The van der Waals surface area contributed by atoms with Gasteiger partial charge in [0, 0.05) is 17.7 Å². The molecule has 4 aromatic carbocycles. The van der Waals surface area contributed by atoms with E-state index in [0.29, 0.717) is 51.6 Å². The van der Waals surface area contributed by atoms with Crippen LogP contribution in [0.3, 0.4) is 0 Å². The van der Waals surface area contributed by atoms with Gasteiger partial charge < -0.3 is 19.5 Å². The fourth-order valence-electron chi connectivity index (χ4n) is 5.43. The van der Waals surface area contributed by atoms with Crippen LogP contribution in [-0.4, -0.2) is 64.4 Å². The number of nitrogens with zero attached hydrogens (tertiary/aromatic N) is 5. The molecule has 0 saturated heterocycles. The standard InChI is InChI=1S/C36H32F2N6O5S/c1-47-28-15-6-22(7-16-28)29-19-30(23-4-9-25(37)10-5-23)44(42-29)34(45)21-50-36-41-40-33(43(36)27-13-11-26(38)12-14-27)20-39-35(46)24-8-17-31(48-2)32(18-24)49-3/h4-18,30H,19-21H2,1-3H3,(H,39,46)/t30-/m1/s1. The summed E-state index contributed by atoms with van der Waals surface area (Å²) >= 11 is 1.12. The fraction of sp³-hybridized carbons (Fsp3) is 0.194. The summed E-state index contributed by atoms with van der Waals surface area (Å²) < 4.78 is 45.2. The maximum atomic E-state index is 13.9. The van der Waals surface area contributed by atoms with Gasteiger partial charge >= 0.3 is 0 Å². The quantitative estimate of drug-likeness (QED) is 0.158. The van der Waals surface area contributed by atoms with E-state index in [1.165, 1.54) is 43.5 Å². The van der Waals surface area contributed by atoms with Crippen LogP contribution in [0, 0.1) is 11.6 Å². The van der Waals surface area contributed by atoms with E-state index in [0.717, 1.165) is 22.9 Å². The highest BCUT2D eigenvalue weighted by atomic mass is 32.2. The first-order valence-electron chi connectivity index (χ1n) is 15.4. The molecule has 0 aliphatic carbocycles. The Bertz CT molecular complexity index is 2020. The highest BCUT2D eigenvalue weighted by Gasteiger charge is 2.33. The third kappa shape index (κ3) is 7.44. The van der Waals surface area contributed by atoms with Crippen molar-refractivity contribution in [2.75, 3.05) is 27.1 Å². The van der Waals surface area contributed by atoms with Crippen molar-refractivity contribution in [3.8, 4) is 22.9 Å². The molecule has 50 heavy (non-hydrogen) atoms. The second-order valence-electron chi connectivity index (χ2n) is 11.0. The monoisotopic (exact) mass is 698 g/mol. The van der Waals surface area contributed by atoms with Crippen molar-refractivity contribution in [2.45, 2.75) is 24.2 Å². The summed E-state index contributed by atoms with van der Waals surface area (Å²) in [5, 5.41) is 17.9. The number of nitrogens with one attached hydrogen (secondary N) is 1. The van der Waals surface area contributed by atoms with Crippen LogP contribution in [-0.2, 0) is 11.3 Å². The van der Waals surface area contributed by atoms with Gasteiger partial charge in [0.2, 0.25) is 0 Å². The largest absolute Gasteiger partial charge is 0.497 e. The van der Waals surface area contributed by atoms with Crippen molar-refractivity contribution in [3.05, 3.63) is 125 Å². The van der Waals surface area contributed by atoms with Crippen LogP contribution in [0.25, 0.3) is 5.69 Å². The molecule has 256 valence electrons. The number of ether oxygens (including phenoxy) is 3. The van der Waals surface area contributed by atoms with Gasteiger partial charge in [0.15, 0.2) is 22.5 Å². The molecule has 0 saturated carbocycles. The molecule has 14 heteroatoms. The van der Waals surface area contributed by atoms with E-state index in [4.69, 9.17) is 19.3 Å². The molecule has 1 aliphatic heterocycles. The number of carbonyl (C=O) groups excluding carboxylic acids is 2. The van der Waals surface area contributed by atoms with E-state index >= 15 is 0 Å². The molecular formula is C36H32F2N6O5S. The predicted molar refractivity (Wildman–Crippen MR) is 183 cm³/mol. The van der Waals surface area contributed by atoms with E-state index in [9.17, 15) is 18.4 Å². The number of hydrazone groups is 1. The summed E-state index contributed by atoms with van der Waals surface area (Å²) in [6, 6.07) is 23.4. The minimum Gasteiger partial charge on any atom is -0.497 e. The van der Waals surface area contributed by atoms with E-state index in [-0.39, 0.29) is 24.0 Å². The number of hydrogen-bond acceptors (Lipinski definition) is 9. The Morgan fingerprint density at radius 2 is 1.52 bits per heavy atom. The molecule has 1 aromatic heterocycles. The molecule has 6 rings (SSSR count). The number of carbonyl (C=O) groups is 2. The summed E-state index contributed by atoms with van der Waals surface area (Å²) in [6.45, 7) is -0.0274. The summed E-state index contributed by atoms with van der Waals surface area (Å²) in [4.78, 5) is 26.9. The summed E-state index contributed by atoms with van der Waals surface area (Å²) in [6.07, 6.45) is 0.421. The first-order chi connectivity index (χ1) is 24.3. The number of methoxy groups -OCH3 is 3. The molecule has 1 aliphatic rings. The number of benzene rings is 4. The van der Waals surface area contributed by atoms with E-state index < -0.39 is 17.8 Å². The van der Waals surface area contributed by atoms with Gasteiger partial charge in [0.25, 0.3) is 11.8 Å². The van der Waals surface area contributed by atoms with Crippen molar-refractivity contribution in [2.24, 2.45) is 5.10 Å². The molecule has 1 atom stereocenters. The summed E-state index contributed by atoms with van der Waals surface area (Å²) in [7, 11) is 4.57. The lowest BCUT2D eigenvalue weighted by atomic mass is 9.98. The maximum Gasteiger partial charge on any atom is 0.253 e. The Morgan fingerprint density at radius 1 is 0.840 bits per heavy atom.